The molecule has 2 fully saturated rings. The molecular formula is C26H31FN4O2S. The molecule has 6 nitrogen and oxygen atoms in total. The van der Waals surface area contributed by atoms with Gasteiger partial charge in [0.05, 0.1) is 18.9 Å². The van der Waals surface area contributed by atoms with Crippen LogP contribution >= 0.6 is 11.8 Å². The zero-order chi connectivity index (χ0) is 23.3. The first-order valence-corrected chi connectivity index (χ1v) is 13.0. The minimum atomic E-state index is -0.129. The van der Waals surface area contributed by atoms with Crippen LogP contribution in [-0.4, -0.2) is 58.3 Å². The summed E-state index contributed by atoms with van der Waals surface area (Å²) in [7, 11) is 1.69. The van der Waals surface area contributed by atoms with Crippen molar-refractivity contribution < 1.29 is 13.9 Å². The van der Waals surface area contributed by atoms with Crippen molar-refractivity contribution in [2.75, 3.05) is 32.6 Å². The monoisotopic (exact) mass is 482 g/mol. The predicted octanol–water partition coefficient (Wildman–Crippen LogP) is 5.07. The van der Waals surface area contributed by atoms with Crippen LogP contribution in [-0.2, 0) is 11.3 Å². The Kier molecular flexibility index (Phi) is 7.47. The minimum Gasteiger partial charge on any atom is -0.497 e. The summed E-state index contributed by atoms with van der Waals surface area (Å²) >= 11 is 1.71. The first kappa shape index (κ1) is 23.3. The summed E-state index contributed by atoms with van der Waals surface area (Å²) in [4.78, 5) is 2.33. The maximum absolute atomic E-state index is 14.1. The van der Waals surface area contributed by atoms with E-state index in [-0.39, 0.29) is 11.9 Å². The summed E-state index contributed by atoms with van der Waals surface area (Å²) in [5.74, 6) is 2.85. The number of methoxy groups -OCH3 is 1. The summed E-state index contributed by atoms with van der Waals surface area (Å²) in [5, 5.41) is 10.2. The van der Waals surface area contributed by atoms with E-state index in [2.05, 4.69) is 25.7 Å². The van der Waals surface area contributed by atoms with Crippen molar-refractivity contribution in [1.82, 2.24) is 19.7 Å². The van der Waals surface area contributed by atoms with Crippen LogP contribution in [0.5, 0.6) is 5.75 Å². The number of piperidine rings is 1. The first-order chi connectivity index (χ1) is 16.7. The number of nitrogens with zero attached hydrogens (tertiary/aromatic N) is 4. The molecule has 1 aromatic heterocycles. The fraction of sp³-hybridized carbons (Fsp3) is 0.462. The Bertz CT molecular complexity index is 1090. The van der Waals surface area contributed by atoms with Crippen LogP contribution in [0.15, 0.2) is 53.7 Å². The molecule has 2 aromatic carbocycles. The molecule has 8 heteroatoms. The summed E-state index contributed by atoms with van der Waals surface area (Å²) in [6, 6.07) is 15.1. The van der Waals surface area contributed by atoms with Crippen molar-refractivity contribution >= 4 is 11.8 Å². The molecule has 3 heterocycles. The number of aromatic nitrogens is 3. The van der Waals surface area contributed by atoms with Crippen LogP contribution in [0.3, 0.4) is 0 Å². The zero-order valence-corrected chi connectivity index (χ0v) is 20.3. The van der Waals surface area contributed by atoms with Crippen LogP contribution in [0.2, 0.25) is 0 Å². The van der Waals surface area contributed by atoms with Crippen molar-refractivity contribution in [3.63, 3.8) is 0 Å². The third-order valence-corrected chi connectivity index (χ3v) is 7.76. The average molecular weight is 483 g/mol. The van der Waals surface area contributed by atoms with Crippen molar-refractivity contribution in [1.29, 1.82) is 0 Å². The highest BCUT2D eigenvalue weighted by Gasteiger charge is 2.28. The summed E-state index contributed by atoms with van der Waals surface area (Å²) in [6.07, 6.45) is 4.45. The molecule has 3 aromatic rings. The SMILES string of the molecule is COc1cccc(-n2c(SC[C@H]3CCCO3)nnc2C2CCN(Cc3ccccc3F)CC2)c1. The van der Waals surface area contributed by atoms with Gasteiger partial charge in [0.1, 0.15) is 17.4 Å². The topological polar surface area (TPSA) is 52.4 Å². The lowest BCUT2D eigenvalue weighted by Gasteiger charge is -2.31. The fourth-order valence-electron chi connectivity index (χ4n) is 4.79. The molecule has 34 heavy (non-hydrogen) atoms. The lowest BCUT2D eigenvalue weighted by Crippen LogP contribution is -2.33. The van der Waals surface area contributed by atoms with Gasteiger partial charge in [0.15, 0.2) is 5.16 Å². The molecule has 0 N–H and O–H groups in total. The molecule has 0 bridgehead atoms. The lowest BCUT2D eigenvalue weighted by molar-refractivity contribution is 0.129. The fourth-order valence-corrected chi connectivity index (χ4v) is 5.82. The van der Waals surface area contributed by atoms with Gasteiger partial charge in [-0.15, -0.1) is 10.2 Å². The maximum atomic E-state index is 14.1. The molecule has 2 aliphatic rings. The average Bonchev–Trinajstić information content (AvgIpc) is 3.55. The van der Waals surface area contributed by atoms with Crippen LogP contribution in [0, 0.1) is 5.82 Å². The molecule has 0 radical (unpaired) electrons. The number of benzene rings is 2. The largest absolute Gasteiger partial charge is 0.497 e. The van der Waals surface area contributed by atoms with Crippen LogP contribution in [0.25, 0.3) is 5.69 Å². The number of hydrogen-bond donors (Lipinski definition) is 0. The number of likely N-dealkylation sites (tertiary alicyclic amines) is 1. The summed E-state index contributed by atoms with van der Waals surface area (Å²) in [6.45, 7) is 3.31. The molecule has 1 atom stereocenters. The number of ether oxygens (including phenoxy) is 2. The van der Waals surface area contributed by atoms with Gasteiger partial charge in [-0.05, 0) is 57.0 Å². The van der Waals surface area contributed by atoms with E-state index in [4.69, 9.17) is 9.47 Å². The summed E-state index contributed by atoms with van der Waals surface area (Å²) in [5.41, 5.74) is 1.77. The third-order valence-electron chi connectivity index (χ3n) is 6.70. The van der Waals surface area contributed by atoms with Gasteiger partial charge in [0, 0.05) is 36.5 Å². The van der Waals surface area contributed by atoms with E-state index in [1.165, 1.54) is 6.07 Å². The minimum absolute atomic E-state index is 0.129. The smallest absolute Gasteiger partial charge is 0.195 e. The Hall–Kier alpha value is -2.42. The predicted molar refractivity (Wildman–Crippen MR) is 131 cm³/mol. The molecule has 5 rings (SSSR count). The van der Waals surface area contributed by atoms with Crippen molar-refractivity contribution in [3.05, 3.63) is 65.7 Å². The van der Waals surface area contributed by atoms with Gasteiger partial charge in [0.2, 0.25) is 0 Å². The highest BCUT2D eigenvalue weighted by molar-refractivity contribution is 7.99. The van der Waals surface area contributed by atoms with E-state index in [9.17, 15) is 4.39 Å². The van der Waals surface area contributed by atoms with Crippen molar-refractivity contribution in [3.8, 4) is 11.4 Å². The molecule has 0 unspecified atom stereocenters. The highest BCUT2D eigenvalue weighted by atomic mass is 32.2. The lowest BCUT2D eigenvalue weighted by atomic mass is 9.95. The van der Waals surface area contributed by atoms with Gasteiger partial charge in [-0.3, -0.25) is 9.47 Å². The van der Waals surface area contributed by atoms with E-state index in [0.29, 0.717) is 12.5 Å². The maximum Gasteiger partial charge on any atom is 0.195 e. The van der Waals surface area contributed by atoms with Gasteiger partial charge in [-0.2, -0.15) is 0 Å². The molecule has 0 saturated carbocycles. The first-order valence-electron chi connectivity index (χ1n) is 12.0. The molecule has 2 aliphatic heterocycles. The Balaban J connectivity index is 1.34. The molecule has 2 saturated heterocycles. The molecular weight excluding hydrogens is 451 g/mol. The van der Waals surface area contributed by atoms with E-state index >= 15 is 0 Å². The number of rotatable bonds is 8. The van der Waals surface area contributed by atoms with E-state index in [1.54, 1.807) is 24.9 Å². The normalized spacial score (nSPS) is 19.5. The van der Waals surface area contributed by atoms with E-state index < -0.39 is 0 Å². The van der Waals surface area contributed by atoms with Crippen LogP contribution < -0.4 is 4.74 Å². The van der Waals surface area contributed by atoms with E-state index in [0.717, 1.165) is 79.1 Å². The number of hydrogen-bond acceptors (Lipinski definition) is 6. The second-order valence-electron chi connectivity index (χ2n) is 8.97. The second-order valence-corrected chi connectivity index (χ2v) is 9.95. The van der Waals surface area contributed by atoms with Crippen LogP contribution in [0.1, 0.15) is 43.0 Å². The quantitative estimate of drug-likeness (QED) is 0.418. The highest BCUT2D eigenvalue weighted by Crippen LogP contribution is 2.34. The Morgan fingerprint density at radius 3 is 2.71 bits per heavy atom. The van der Waals surface area contributed by atoms with E-state index in [1.807, 2.05) is 30.3 Å². The molecule has 0 aliphatic carbocycles. The Morgan fingerprint density at radius 1 is 1.09 bits per heavy atom. The molecule has 180 valence electrons. The van der Waals surface area contributed by atoms with Gasteiger partial charge >= 0.3 is 0 Å². The Morgan fingerprint density at radius 2 is 1.94 bits per heavy atom. The number of thioether (sulfide) groups is 1. The van der Waals surface area contributed by atoms with Crippen molar-refractivity contribution in [2.45, 2.75) is 49.4 Å². The Labute approximate surface area is 204 Å². The standard InChI is InChI=1S/C26H31FN4O2S/c1-32-22-8-4-7-21(16-22)31-25(28-29-26(31)34-18-23-9-5-15-33-23)19-11-13-30(14-12-19)17-20-6-2-3-10-24(20)27/h2-4,6-8,10,16,19,23H,5,9,11-15,17-18H2,1H3/t23-/m1/s1. The zero-order valence-electron chi connectivity index (χ0n) is 19.5. The molecule has 0 amide bonds. The number of halogens is 1. The van der Waals surface area contributed by atoms with Crippen LogP contribution in [0.4, 0.5) is 4.39 Å². The third kappa shape index (κ3) is 5.29. The second kappa shape index (κ2) is 10.9. The van der Waals surface area contributed by atoms with Gasteiger partial charge in [0.25, 0.3) is 0 Å². The summed E-state index contributed by atoms with van der Waals surface area (Å²) < 4.78 is 27.6. The molecule has 0 spiro atoms. The van der Waals surface area contributed by atoms with Gasteiger partial charge in [-0.25, -0.2) is 4.39 Å². The van der Waals surface area contributed by atoms with Gasteiger partial charge < -0.3 is 9.47 Å². The van der Waals surface area contributed by atoms with Crippen molar-refractivity contribution in [2.24, 2.45) is 0 Å². The van der Waals surface area contributed by atoms with Gasteiger partial charge in [-0.1, -0.05) is 36.0 Å².